The minimum absolute atomic E-state index is 0.491. The van der Waals surface area contributed by atoms with E-state index in [-0.39, 0.29) is 0 Å². The number of rotatable bonds is 4. The van der Waals surface area contributed by atoms with Crippen LogP contribution in [0.3, 0.4) is 0 Å². The summed E-state index contributed by atoms with van der Waals surface area (Å²) < 4.78 is 0. The minimum atomic E-state index is 0.491. The summed E-state index contributed by atoms with van der Waals surface area (Å²) in [5.74, 6) is 2.02. The fraction of sp³-hybridized carbons (Fsp3) is 0.667. The molecule has 4 heteroatoms. The molecular formula is C24H44N4. The largest absolute Gasteiger partial charge is 0.245 e. The molecule has 0 N–H and O–H groups in total. The van der Waals surface area contributed by atoms with Crippen molar-refractivity contribution < 1.29 is 0 Å². The standard InChI is InChI=1S/2C10H16N2.2C2H6/c2*1-7(2)9-5-11-6-12-10(9)8(3)4;2*1-2/h2*5-8H,1-4H3;2*1-2H3. The van der Waals surface area contributed by atoms with Gasteiger partial charge >= 0.3 is 0 Å². The Morgan fingerprint density at radius 3 is 0.964 bits per heavy atom. The zero-order valence-corrected chi connectivity index (χ0v) is 20.4. The van der Waals surface area contributed by atoms with Gasteiger partial charge in [-0.3, -0.25) is 0 Å². The summed E-state index contributed by atoms with van der Waals surface area (Å²) >= 11 is 0. The van der Waals surface area contributed by atoms with Crippen molar-refractivity contribution in [2.45, 2.75) is 107 Å². The van der Waals surface area contributed by atoms with Gasteiger partial charge in [0.1, 0.15) is 12.7 Å². The highest BCUT2D eigenvalue weighted by Crippen LogP contribution is 2.23. The van der Waals surface area contributed by atoms with Gasteiger partial charge in [0.2, 0.25) is 0 Å². The highest BCUT2D eigenvalue weighted by atomic mass is 14.8. The SMILES string of the molecule is CC.CC.CC(C)c1cncnc1C(C)C.CC(C)c1cncnc1C(C)C. The smallest absolute Gasteiger partial charge is 0.115 e. The van der Waals surface area contributed by atoms with Crippen LogP contribution in [0.5, 0.6) is 0 Å². The molecule has 0 radical (unpaired) electrons. The van der Waals surface area contributed by atoms with E-state index >= 15 is 0 Å². The van der Waals surface area contributed by atoms with Gasteiger partial charge in [0, 0.05) is 23.8 Å². The molecule has 2 heterocycles. The van der Waals surface area contributed by atoms with Gasteiger partial charge in [-0.05, 0) is 34.8 Å². The lowest BCUT2D eigenvalue weighted by atomic mass is 9.97. The maximum Gasteiger partial charge on any atom is 0.115 e. The summed E-state index contributed by atoms with van der Waals surface area (Å²) in [4.78, 5) is 16.7. The predicted molar refractivity (Wildman–Crippen MR) is 123 cm³/mol. The van der Waals surface area contributed by atoms with E-state index in [9.17, 15) is 0 Å². The van der Waals surface area contributed by atoms with Crippen LogP contribution in [0.4, 0.5) is 0 Å². The van der Waals surface area contributed by atoms with Crippen molar-refractivity contribution in [1.82, 2.24) is 19.9 Å². The molecule has 2 aromatic heterocycles. The van der Waals surface area contributed by atoms with Crippen LogP contribution in [-0.2, 0) is 0 Å². The van der Waals surface area contributed by atoms with Crippen LogP contribution in [0.25, 0.3) is 0 Å². The highest BCUT2D eigenvalue weighted by Gasteiger charge is 2.11. The lowest BCUT2D eigenvalue weighted by Crippen LogP contribution is -2.02. The second-order valence-corrected chi connectivity index (χ2v) is 7.35. The second-order valence-electron chi connectivity index (χ2n) is 7.35. The quantitative estimate of drug-likeness (QED) is 0.544. The van der Waals surface area contributed by atoms with Crippen LogP contribution >= 0.6 is 0 Å². The Labute approximate surface area is 174 Å². The zero-order chi connectivity index (χ0) is 22.3. The van der Waals surface area contributed by atoms with Crippen LogP contribution in [0.15, 0.2) is 25.0 Å². The first-order valence-corrected chi connectivity index (χ1v) is 10.8. The van der Waals surface area contributed by atoms with E-state index < -0.39 is 0 Å². The maximum atomic E-state index is 4.29. The van der Waals surface area contributed by atoms with Crippen LogP contribution in [0, 0.1) is 0 Å². The third kappa shape index (κ3) is 9.91. The molecule has 0 amide bonds. The summed E-state index contributed by atoms with van der Waals surface area (Å²) in [6, 6.07) is 0. The van der Waals surface area contributed by atoms with Crippen molar-refractivity contribution in [3.63, 3.8) is 0 Å². The van der Waals surface area contributed by atoms with Gasteiger partial charge in [-0.1, -0.05) is 83.1 Å². The number of nitrogens with zero attached hydrogens (tertiary/aromatic N) is 4. The fourth-order valence-electron chi connectivity index (χ4n) is 2.55. The summed E-state index contributed by atoms with van der Waals surface area (Å²) in [6.07, 6.45) is 7.10. The van der Waals surface area contributed by atoms with E-state index in [2.05, 4.69) is 75.3 Å². The average molecular weight is 389 g/mol. The molecule has 4 nitrogen and oxygen atoms in total. The van der Waals surface area contributed by atoms with Gasteiger partial charge < -0.3 is 0 Å². The Kier molecular flexibility index (Phi) is 16.4. The Morgan fingerprint density at radius 1 is 0.500 bits per heavy atom. The molecule has 0 aliphatic rings. The molecule has 0 saturated carbocycles. The zero-order valence-electron chi connectivity index (χ0n) is 20.4. The van der Waals surface area contributed by atoms with Crippen molar-refractivity contribution >= 4 is 0 Å². The van der Waals surface area contributed by atoms with Gasteiger partial charge in [-0.15, -0.1) is 0 Å². The normalized spacial score (nSPS) is 10.0. The van der Waals surface area contributed by atoms with Crippen molar-refractivity contribution in [2.75, 3.05) is 0 Å². The second kappa shape index (κ2) is 16.1. The Bertz CT molecular complexity index is 510. The molecular weight excluding hydrogens is 344 g/mol. The molecule has 2 aromatic rings. The van der Waals surface area contributed by atoms with Crippen molar-refractivity contribution in [1.29, 1.82) is 0 Å². The van der Waals surface area contributed by atoms with Crippen LogP contribution < -0.4 is 0 Å². The Balaban J connectivity index is 0. The van der Waals surface area contributed by atoms with E-state index in [4.69, 9.17) is 0 Å². The molecule has 0 aliphatic carbocycles. The number of aromatic nitrogens is 4. The Hall–Kier alpha value is -1.84. The van der Waals surface area contributed by atoms with Gasteiger partial charge in [0.25, 0.3) is 0 Å². The van der Waals surface area contributed by atoms with E-state index in [0.717, 1.165) is 0 Å². The monoisotopic (exact) mass is 388 g/mol. The molecule has 0 aromatic carbocycles. The summed E-state index contributed by atoms with van der Waals surface area (Å²) in [7, 11) is 0. The van der Waals surface area contributed by atoms with Gasteiger partial charge in [0.15, 0.2) is 0 Å². The first-order chi connectivity index (χ1) is 13.3. The molecule has 0 saturated heterocycles. The summed E-state index contributed by atoms with van der Waals surface area (Å²) in [5, 5.41) is 0. The van der Waals surface area contributed by atoms with Crippen molar-refractivity contribution in [3.05, 3.63) is 47.6 Å². The van der Waals surface area contributed by atoms with E-state index in [1.54, 1.807) is 12.7 Å². The Morgan fingerprint density at radius 2 is 0.786 bits per heavy atom. The first kappa shape index (κ1) is 28.4. The molecule has 0 fully saturated rings. The maximum absolute atomic E-state index is 4.29. The highest BCUT2D eigenvalue weighted by molar-refractivity contribution is 5.23. The third-order valence-electron chi connectivity index (χ3n) is 3.88. The summed E-state index contributed by atoms with van der Waals surface area (Å²) in [6.45, 7) is 25.3. The molecule has 28 heavy (non-hydrogen) atoms. The molecule has 0 atom stereocenters. The molecule has 160 valence electrons. The molecule has 0 bridgehead atoms. The number of hydrogen-bond acceptors (Lipinski definition) is 4. The molecule has 2 rings (SSSR count). The van der Waals surface area contributed by atoms with Crippen LogP contribution in [0.1, 0.15) is 129 Å². The van der Waals surface area contributed by atoms with E-state index in [0.29, 0.717) is 23.7 Å². The summed E-state index contributed by atoms with van der Waals surface area (Å²) in [5.41, 5.74) is 4.90. The average Bonchev–Trinajstić information content (AvgIpc) is 2.71. The van der Waals surface area contributed by atoms with Crippen LogP contribution in [-0.4, -0.2) is 19.9 Å². The van der Waals surface area contributed by atoms with Crippen molar-refractivity contribution in [3.8, 4) is 0 Å². The number of hydrogen-bond donors (Lipinski definition) is 0. The first-order valence-electron chi connectivity index (χ1n) is 10.8. The minimum Gasteiger partial charge on any atom is -0.245 e. The van der Waals surface area contributed by atoms with E-state index in [1.807, 2.05) is 40.1 Å². The van der Waals surface area contributed by atoms with Crippen molar-refractivity contribution in [2.24, 2.45) is 0 Å². The third-order valence-corrected chi connectivity index (χ3v) is 3.88. The molecule has 0 aliphatic heterocycles. The fourth-order valence-corrected chi connectivity index (χ4v) is 2.55. The van der Waals surface area contributed by atoms with Gasteiger partial charge in [-0.2, -0.15) is 0 Å². The molecule has 0 unspecified atom stereocenters. The van der Waals surface area contributed by atoms with Gasteiger partial charge in [-0.25, -0.2) is 19.9 Å². The van der Waals surface area contributed by atoms with Crippen LogP contribution in [0.2, 0.25) is 0 Å². The predicted octanol–water partition coefficient (Wildman–Crippen LogP) is 7.50. The topological polar surface area (TPSA) is 51.6 Å². The van der Waals surface area contributed by atoms with Gasteiger partial charge in [0.05, 0.1) is 0 Å². The lowest BCUT2D eigenvalue weighted by molar-refractivity contribution is 0.746. The lowest BCUT2D eigenvalue weighted by Gasteiger charge is -2.12. The molecule has 0 spiro atoms. The van der Waals surface area contributed by atoms with E-state index in [1.165, 1.54) is 22.5 Å².